The van der Waals surface area contributed by atoms with Gasteiger partial charge in [0.2, 0.25) is 0 Å². The molecule has 0 fully saturated rings. The second-order valence-electron chi connectivity index (χ2n) is 6.62. The molecule has 0 aliphatic carbocycles. The minimum atomic E-state index is 0.376. The second-order valence-corrected chi connectivity index (χ2v) is 6.98. The van der Waals surface area contributed by atoms with Gasteiger partial charge in [0.25, 0.3) is 0 Å². The van der Waals surface area contributed by atoms with Crippen LogP contribution < -0.4 is 5.32 Å². The summed E-state index contributed by atoms with van der Waals surface area (Å²) in [7, 11) is 1.83. The molecule has 0 amide bonds. The molecular weight excluding hydrogens is 362 g/mol. The fraction of sp³-hybridized carbons (Fsp3) is 0.211. The maximum atomic E-state index is 6.20. The molecule has 0 unspecified atom stereocenters. The summed E-state index contributed by atoms with van der Waals surface area (Å²) in [5.74, 6) is 1.71. The minimum absolute atomic E-state index is 0.376. The van der Waals surface area contributed by atoms with Gasteiger partial charge >= 0.3 is 0 Å². The van der Waals surface area contributed by atoms with E-state index in [0.29, 0.717) is 22.7 Å². The van der Waals surface area contributed by atoms with Gasteiger partial charge in [-0.3, -0.25) is 9.67 Å². The molecule has 7 nitrogen and oxygen atoms in total. The van der Waals surface area contributed by atoms with Crippen LogP contribution >= 0.6 is 11.6 Å². The van der Waals surface area contributed by atoms with E-state index in [0.717, 1.165) is 27.7 Å². The predicted octanol–water partition coefficient (Wildman–Crippen LogP) is 4.34. The maximum Gasteiger partial charge on any atom is 0.158 e. The molecular formula is C19H18ClN7. The number of pyridine rings is 2. The molecule has 0 bridgehead atoms. The molecule has 0 atom stereocenters. The van der Waals surface area contributed by atoms with Gasteiger partial charge in [-0.15, -0.1) is 5.10 Å². The first-order valence-electron chi connectivity index (χ1n) is 8.55. The van der Waals surface area contributed by atoms with E-state index in [2.05, 4.69) is 44.4 Å². The van der Waals surface area contributed by atoms with Gasteiger partial charge in [-0.25, -0.2) is 4.98 Å². The van der Waals surface area contributed by atoms with Crippen LogP contribution in [0, 0.1) is 0 Å². The van der Waals surface area contributed by atoms with E-state index in [1.807, 2.05) is 37.5 Å². The zero-order valence-corrected chi connectivity index (χ0v) is 15.9. The molecule has 0 spiro atoms. The Morgan fingerprint density at radius 1 is 1.07 bits per heavy atom. The van der Waals surface area contributed by atoms with Gasteiger partial charge in [-0.05, 0) is 35.7 Å². The van der Waals surface area contributed by atoms with Gasteiger partial charge in [-0.1, -0.05) is 25.4 Å². The first-order valence-corrected chi connectivity index (χ1v) is 8.93. The molecule has 0 saturated heterocycles. The van der Waals surface area contributed by atoms with E-state index >= 15 is 0 Å². The maximum absolute atomic E-state index is 6.20. The summed E-state index contributed by atoms with van der Waals surface area (Å²) in [6.45, 7) is 4.23. The average Bonchev–Trinajstić information content (AvgIpc) is 2.99. The van der Waals surface area contributed by atoms with Crippen LogP contribution in [0.4, 0.5) is 11.6 Å². The third-order valence-electron chi connectivity index (χ3n) is 4.23. The first kappa shape index (κ1) is 17.4. The van der Waals surface area contributed by atoms with Crippen molar-refractivity contribution in [1.29, 1.82) is 0 Å². The van der Waals surface area contributed by atoms with Gasteiger partial charge in [0.05, 0.1) is 17.2 Å². The van der Waals surface area contributed by atoms with Crippen LogP contribution in [-0.2, 0) is 7.05 Å². The number of rotatable bonds is 4. The molecule has 136 valence electrons. The molecule has 1 N–H and O–H groups in total. The zero-order chi connectivity index (χ0) is 19.0. The summed E-state index contributed by atoms with van der Waals surface area (Å²) in [6.07, 6.45) is 5.41. The van der Waals surface area contributed by atoms with Crippen molar-refractivity contribution in [1.82, 2.24) is 29.9 Å². The normalized spacial score (nSPS) is 11.3. The van der Waals surface area contributed by atoms with Crippen molar-refractivity contribution >= 4 is 34.3 Å². The summed E-state index contributed by atoms with van der Waals surface area (Å²) in [5.41, 5.74) is 4.36. The summed E-state index contributed by atoms with van der Waals surface area (Å²) in [4.78, 5) is 9.14. The Morgan fingerprint density at radius 3 is 2.67 bits per heavy atom. The van der Waals surface area contributed by atoms with Crippen molar-refractivity contribution in [3.05, 3.63) is 53.6 Å². The van der Waals surface area contributed by atoms with Crippen LogP contribution in [0.3, 0.4) is 0 Å². The topological polar surface area (TPSA) is 81.4 Å². The van der Waals surface area contributed by atoms with Crippen LogP contribution in [0.25, 0.3) is 22.2 Å². The first-order chi connectivity index (χ1) is 13.0. The Morgan fingerprint density at radius 2 is 1.93 bits per heavy atom. The summed E-state index contributed by atoms with van der Waals surface area (Å²) >= 11 is 6.20. The number of nitrogens with zero attached hydrogens (tertiary/aromatic N) is 6. The quantitative estimate of drug-likeness (QED) is 0.568. The molecule has 0 radical (unpaired) electrons. The highest BCUT2D eigenvalue weighted by molar-refractivity contribution is 6.32. The molecule has 0 aliphatic heterocycles. The number of halogens is 1. The largest absolute Gasteiger partial charge is 0.323 e. The van der Waals surface area contributed by atoms with Crippen LogP contribution in [0.1, 0.15) is 25.3 Å². The molecule has 0 aliphatic rings. The van der Waals surface area contributed by atoms with Gasteiger partial charge in [0, 0.05) is 30.6 Å². The molecule has 0 saturated carbocycles. The van der Waals surface area contributed by atoms with Crippen molar-refractivity contribution in [2.45, 2.75) is 19.8 Å². The van der Waals surface area contributed by atoms with Gasteiger partial charge < -0.3 is 5.32 Å². The Hall–Kier alpha value is -3.06. The number of hydrogen-bond donors (Lipinski definition) is 1. The Kier molecular flexibility index (Phi) is 4.45. The number of hydrogen-bond acceptors (Lipinski definition) is 6. The molecule has 4 heterocycles. The van der Waals surface area contributed by atoms with Gasteiger partial charge in [0.1, 0.15) is 5.82 Å². The van der Waals surface area contributed by atoms with Crippen LogP contribution in [0.2, 0.25) is 5.15 Å². The molecule has 4 rings (SSSR count). The van der Waals surface area contributed by atoms with Crippen molar-refractivity contribution < 1.29 is 0 Å². The molecule has 4 aromatic heterocycles. The number of anilines is 2. The van der Waals surface area contributed by atoms with Crippen LogP contribution in [0.15, 0.2) is 42.9 Å². The van der Waals surface area contributed by atoms with Gasteiger partial charge in [0.15, 0.2) is 11.0 Å². The molecule has 27 heavy (non-hydrogen) atoms. The highest BCUT2D eigenvalue weighted by atomic mass is 35.5. The summed E-state index contributed by atoms with van der Waals surface area (Å²) in [5, 5.41) is 16.0. The molecule has 4 aromatic rings. The van der Waals surface area contributed by atoms with Crippen molar-refractivity contribution in [3.8, 4) is 11.1 Å². The molecule has 0 aromatic carbocycles. The van der Waals surface area contributed by atoms with Crippen LogP contribution in [-0.4, -0.2) is 29.9 Å². The minimum Gasteiger partial charge on any atom is -0.323 e. The van der Waals surface area contributed by atoms with Gasteiger partial charge in [-0.2, -0.15) is 10.2 Å². The van der Waals surface area contributed by atoms with Crippen molar-refractivity contribution in [2.75, 3.05) is 5.32 Å². The number of aromatic nitrogens is 6. The SMILES string of the molecule is CC(C)c1cnnc(Nc2ccc3ncc(-c4cn(C)nc4Cl)cc3n2)c1. The fourth-order valence-electron chi connectivity index (χ4n) is 2.77. The number of nitrogens with one attached hydrogen (secondary N) is 1. The molecule has 8 heteroatoms. The summed E-state index contributed by atoms with van der Waals surface area (Å²) < 4.78 is 1.67. The van der Waals surface area contributed by atoms with E-state index in [-0.39, 0.29) is 0 Å². The van der Waals surface area contributed by atoms with E-state index in [1.54, 1.807) is 17.1 Å². The second kappa shape index (κ2) is 6.92. The third-order valence-corrected chi connectivity index (χ3v) is 4.51. The number of fused-ring (bicyclic) bond motifs is 1. The Bertz CT molecular complexity index is 1120. The Balaban J connectivity index is 1.69. The van der Waals surface area contributed by atoms with Crippen LogP contribution in [0.5, 0.6) is 0 Å². The Labute approximate surface area is 161 Å². The number of aryl methyl sites for hydroxylation is 1. The van der Waals surface area contributed by atoms with E-state index in [1.165, 1.54) is 0 Å². The lowest BCUT2D eigenvalue weighted by molar-refractivity contribution is 0.768. The lowest BCUT2D eigenvalue weighted by Gasteiger charge is -2.09. The monoisotopic (exact) mass is 379 g/mol. The lowest BCUT2D eigenvalue weighted by atomic mass is 10.1. The fourth-order valence-corrected chi connectivity index (χ4v) is 3.05. The van der Waals surface area contributed by atoms with Crippen molar-refractivity contribution in [3.63, 3.8) is 0 Å². The smallest absolute Gasteiger partial charge is 0.158 e. The predicted molar refractivity (Wildman–Crippen MR) is 106 cm³/mol. The lowest BCUT2D eigenvalue weighted by Crippen LogP contribution is -2.00. The third kappa shape index (κ3) is 3.59. The zero-order valence-electron chi connectivity index (χ0n) is 15.2. The standard InChI is InChI=1S/C19H18ClN7/c1-11(2)12-7-18(25-22-9-12)24-17-5-4-15-16(23-17)6-13(8-21-15)14-10-27(3)26-19(14)20/h4-11H,1-3H3,(H,23,24,25). The average molecular weight is 380 g/mol. The highest BCUT2D eigenvalue weighted by Gasteiger charge is 2.10. The summed E-state index contributed by atoms with van der Waals surface area (Å²) in [6, 6.07) is 7.72. The van der Waals surface area contributed by atoms with E-state index in [9.17, 15) is 0 Å². The van der Waals surface area contributed by atoms with Crippen molar-refractivity contribution in [2.24, 2.45) is 7.05 Å². The van der Waals surface area contributed by atoms with E-state index in [4.69, 9.17) is 11.6 Å². The highest BCUT2D eigenvalue weighted by Crippen LogP contribution is 2.28. The van der Waals surface area contributed by atoms with E-state index < -0.39 is 0 Å².